The first kappa shape index (κ1) is 8.35. The Labute approximate surface area is 67.7 Å². The molecular weight excluding hydrogens is 148 g/mol. The van der Waals surface area contributed by atoms with Crippen LogP contribution in [0.3, 0.4) is 0 Å². The Morgan fingerprint density at radius 1 is 1.50 bits per heavy atom. The second-order valence-electron chi connectivity index (χ2n) is 2.99. The van der Waals surface area contributed by atoms with Crippen LogP contribution in [0.1, 0.15) is 25.7 Å². The van der Waals surface area contributed by atoms with Crippen molar-refractivity contribution in [2.45, 2.75) is 31.1 Å². The zero-order valence-electron chi connectivity index (χ0n) is 6.48. The molecule has 0 saturated heterocycles. The van der Waals surface area contributed by atoms with Gasteiger partial charge in [-0.1, -0.05) is 6.42 Å². The molecule has 0 aromatic rings. The van der Waals surface area contributed by atoms with Gasteiger partial charge in [0, 0.05) is 19.1 Å². The molecule has 1 aliphatic carbocycles. The first-order valence-corrected chi connectivity index (χ1v) is 4.41. The van der Waals surface area contributed by atoms with Crippen LogP contribution in [0, 0.1) is 5.92 Å². The van der Waals surface area contributed by atoms with Crippen molar-refractivity contribution < 1.29 is 4.74 Å². The highest BCUT2D eigenvalue weighted by Gasteiger charge is 2.24. The van der Waals surface area contributed by atoms with Gasteiger partial charge in [-0.25, -0.2) is 0 Å². The lowest BCUT2D eigenvalue weighted by atomic mass is 10.1. The van der Waals surface area contributed by atoms with Crippen LogP contribution >= 0.6 is 11.6 Å². The molecule has 0 radical (unpaired) electrons. The van der Waals surface area contributed by atoms with Crippen LogP contribution in [-0.4, -0.2) is 19.1 Å². The summed E-state index contributed by atoms with van der Waals surface area (Å²) in [5.41, 5.74) is 0. The maximum atomic E-state index is 6.06. The molecule has 0 bridgehead atoms. The summed E-state index contributed by atoms with van der Waals surface area (Å²) in [4.78, 5) is 0. The van der Waals surface area contributed by atoms with E-state index in [2.05, 4.69) is 0 Å². The zero-order valence-corrected chi connectivity index (χ0v) is 7.23. The monoisotopic (exact) mass is 162 g/mol. The fourth-order valence-electron chi connectivity index (χ4n) is 1.59. The maximum absolute atomic E-state index is 6.06. The van der Waals surface area contributed by atoms with Gasteiger partial charge in [0.2, 0.25) is 0 Å². The predicted octanol–water partition coefficient (Wildman–Crippen LogP) is 2.43. The molecule has 0 aromatic heterocycles. The van der Waals surface area contributed by atoms with E-state index < -0.39 is 0 Å². The number of hydrogen-bond acceptors (Lipinski definition) is 1. The van der Waals surface area contributed by atoms with Gasteiger partial charge in [-0.05, 0) is 25.2 Å². The van der Waals surface area contributed by atoms with E-state index in [0.717, 1.165) is 18.9 Å². The Morgan fingerprint density at radius 2 is 2.30 bits per heavy atom. The molecule has 10 heavy (non-hydrogen) atoms. The minimum absolute atomic E-state index is 0.426. The van der Waals surface area contributed by atoms with Gasteiger partial charge in [-0.3, -0.25) is 0 Å². The maximum Gasteiger partial charge on any atom is 0.0465 e. The van der Waals surface area contributed by atoms with Gasteiger partial charge in [-0.2, -0.15) is 0 Å². The third-order valence-electron chi connectivity index (χ3n) is 2.26. The number of ether oxygens (including phenoxy) is 1. The van der Waals surface area contributed by atoms with E-state index in [9.17, 15) is 0 Å². The van der Waals surface area contributed by atoms with E-state index in [0.29, 0.717) is 5.38 Å². The molecule has 0 spiro atoms. The normalized spacial score (nSPS) is 33.0. The molecule has 1 aliphatic rings. The molecule has 0 heterocycles. The standard InChI is InChI=1S/C8H15ClO/c1-10-6-5-7-3-2-4-8(7)9/h7-8H,2-6H2,1H3. The minimum atomic E-state index is 0.426. The Balaban J connectivity index is 2.14. The summed E-state index contributed by atoms with van der Waals surface area (Å²) in [6.07, 6.45) is 4.96. The summed E-state index contributed by atoms with van der Waals surface area (Å²) in [6.45, 7) is 0.869. The molecule has 1 saturated carbocycles. The van der Waals surface area contributed by atoms with Crippen molar-refractivity contribution in [2.75, 3.05) is 13.7 Å². The highest BCUT2D eigenvalue weighted by atomic mass is 35.5. The van der Waals surface area contributed by atoms with Crippen LogP contribution in [0.5, 0.6) is 0 Å². The molecule has 60 valence electrons. The van der Waals surface area contributed by atoms with E-state index >= 15 is 0 Å². The first-order chi connectivity index (χ1) is 4.84. The highest BCUT2D eigenvalue weighted by molar-refractivity contribution is 6.20. The molecule has 2 atom stereocenters. The van der Waals surface area contributed by atoms with E-state index in [1.165, 1.54) is 19.3 Å². The highest BCUT2D eigenvalue weighted by Crippen LogP contribution is 2.32. The molecule has 0 amide bonds. The predicted molar refractivity (Wildman–Crippen MR) is 43.5 cm³/mol. The van der Waals surface area contributed by atoms with E-state index in [-0.39, 0.29) is 0 Å². The molecule has 1 nitrogen and oxygen atoms in total. The second kappa shape index (κ2) is 4.20. The van der Waals surface area contributed by atoms with Gasteiger partial charge in [0.15, 0.2) is 0 Å². The van der Waals surface area contributed by atoms with Crippen LogP contribution in [0.15, 0.2) is 0 Å². The Hall–Kier alpha value is 0.250. The zero-order chi connectivity index (χ0) is 7.40. The Bertz CT molecular complexity index is 95.3. The number of rotatable bonds is 3. The van der Waals surface area contributed by atoms with Gasteiger partial charge >= 0.3 is 0 Å². The van der Waals surface area contributed by atoms with Crippen molar-refractivity contribution in [2.24, 2.45) is 5.92 Å². The summed E-state index contributed by atoms with van der Waals surface area (Å²) >= 11 is 6.06. The Kier molecular flexibility index (Phi) is 3.50. The van der Waals surface area contributed by atoms with Crippen molar-refractivity contribution in [3.8, 4) is 0 Å². The lowest BCUT2D eigenvalue weighted by Crippen LogP contribution is -2.09. The lowest BCUT2D eigenvalue weighted by Gasteiger charge is -2.11. The molecule has 1 fully saturated rings. The van der Waals surface area contributed by atoms with Gasteiger partial charge < -0.3 is 4.74 Å². The summed E-state index contributed by atoms with van der Waals surface area (Å²) in [7, 11) is 1.75. The van der Waals surface area contributed by atoms with Gasteiger partial charge in [0.1, 0.15) is 0 Å². The first-order valence-electron chi connectivity index (χ1n) is 3.97. The smallest absolute Gasteiger partial charge is 0.0465 e. The fourth-order valence-corrected chi connectivity index (χ4v) is 1.99. The third kappa shape index (κ3) is 2.14. The van der Waals surface area contributed by atoms with Crippen LogP contribution < -0.4 is 0 Å². The summed E-state index contributed by atoms with van der Waals surface area (Å²) in [5, 5.41) is 0.426. The summed E-state index contributed by atoms with van der Waals surface area (Å²) in [5.74, 6) is 0.724. The number of hydrogen-bond donors (Lipinski definition) is 0. The van der Waals surface area contributed by atoms with Crippen LogP contribution in [-0.2, 0) is 4.74 Å². The van der Waals surface area contributed by atoms with Gasteiger partial charge in [0.05, 0.1) is 0 Å². The number of alkyl halides is 1. The average molecular weight is 163 g/mol. The number of halogens is 1. The minimum Gasteiger partial charge on any atom is -0.385 e. The summed E-state index contributed by atoms with van der Waals surface area (Å²) < 4.78 is 4.99. The fraction of sp³-hybridized carbons (Fsp3) is 1.00. The van der Waals surface area contributed by atoms with Crippen molar-refractivity contribution >= 4 is 11.6 Å². The number of methoxy groups -OCH3 is 1. The molecule has 1 rings (SSSR count). The van der Waals surface area contributed by atoms with E-state index in [1.54, 1.807) is 7.11 Å². The Morgan fingerprint density at radius 3 is 2.80 bits per heavy atom. The molecule has 0 N–H and O–H groups in total. The third-order valence-corrected chi connectivity index (χ3v) is 2.83. The second-order valence-corrected chi connectivity index (χ2v) is 3.55. The molecular formula is C8H15ClO. The SMILES string of the molecule is COCCC1CCCC1Cl. The molecule has 0 aromatic carbocycles. The van der Waals surface area contributed by atoms with E-state index in [4.69, 9.17) is 16.3 Å². The van der Waals surface area contributed by atoms with Crippen molar-refractivity contribution in [1.29, 1.82) is 0 Å². The summed E-state index contributed by atoms with van der Waals surface area (Å²) in [6, 6.07) is 0. The molecule has 2 unspecified atom stereocenters. The van der Waals surface area contributed by atoms with Crippen molar-refractivity contribution in [1.82, 2.24) is 0 Å². The van der Waals surface area contributed by atoms with Crippen LogP contribution in [0.4, 0.5) is 0 Å². The average Bonchev–Trinajstić information content (AvgIpc) is 2.31. The van der Waals surface area contributed by atoms with Crippen LogP contribution in [0.25, 0.3) is 0 Å². The molecule has 0 aliphatic heterocycles. The quantitative estimate of drug-likeness (QED) is 0.580. The van der Waals surface area contributed by atoms with E-state index in [1.807, 2.05) is 0 Å². The largest absolute Gasteiger partial charge is 0.385 e. The van der Waals surface area contributed by atoms with Gasteiger partial charge in [-0.15, -0.1) is 11.6 Å². The topological polar surface area (TPSA) is 9.23 Å². The van der Waals surface area contributed by atoms with Gasteiger partial charge in [0.25, 0.3) is 0 Å². The van der Waals surface area contributed by atoms with Crippen molar-refractivity contribution in [3.63, 3.8) is 0 Å². The molecule has 2 heteroatoms. The lowest BCUT2D eigenvalue weighted by molar-refractivity contribution is 0.178. The van der Waals surface area contributed by atoms with Crippen molar-refractivity contribution in [3.05, 3.63) is 0 Å². The van der Waals surface area contributed by atoms with Crippen LogP contribution in [0.2, 0.25) is 0 Å².